The Bertz CT molecular complexity index is 1300. The van der Waals surface area contributed by atoms with Crippen LogP contribution in [-0.2, 0) is 25.5 Å². The number of aliphatic hydroxyl groups excluding tert-OH is 2. The first kappa shape index (κ1) is 27.8. The quantitative estimate of drug-likeness (QED) is 0.326. The second-order valence-electron chi connectivity index (χ2n) is 11.8. The highest BCUT2D eigenvalue weighted by Crippen LogP contribution is 2.33. The molecule has 1 unspecified atom stereocenters. The fourth-order valence-electron chi connectivity index (χ4n) is 5.84. The van der Waals surface area contributed by atoms with Crippen LogP contribution >= 0.6 is 0 Å². The first-order chi connectivity index (χ1) is 19.8. The van der Waals surface area contributed by atoms with E-state index in [1.165, 1.54) is 10.9 Å². The topological polar surface area (TPSA) is 195 Å². The van der Waals surface area contributed by atoms with Crippen LogP contribution in [0.15, 0.2) is 6.33 Å². The molecule has 2 saturated heterocycles. The number of nitrogens with one attached hydrogen (secondary N) is 1. The number of amides is 2. The average molecular weight is 572 g/mol. The molecule has 5 N–H and O–H groups in total. The number of fused-ring (bicyclic) bond motifs is 1. The van der Waals surface area contributed by atoms with Crippen LogP contribution < -0.4 is 11.1 Å². The lowest BCUT2D eigenvalue weighted by molar-refractivity contribution is -0.137. The van der Waals surface area contributed by atoms with E-state index in [2.05, 4.69) is 20.3 Å². The minimum absolute atomic E-state index is 0.0957. The van der Waals surface area contributed by atoms with E-state index in [4.69, 9.17) is 15.2 Å². The predicted octanol–water partition coefficient (Wildman–Crippen LogP) is 0.457. The number of aliphatic hydroxyl groups is 2. The van der Waals surface area contributed by atoms with Crippen molar-refractivity contribution >= 4 is 34.8 Å². The van der Waals surface area contributed by atoms with Crippen molar-refractivity contribution in [1.29, 1.82) is 0 Å². The molecule has 2 aliphatic heterocycles. The van der Waals surface area contributed by atoms with Gasteiger partial charge in [0.05, 0.1) is 12.9 Å². The zero-order valence-electron chi connectivity index (χ0n) is 22.9. The molecule has 0 radical (unpaired) electrons. The van der Waals surface area contributed by atoms with E-state index in [0.29, 0.717) is 61.9 Å². The van der Waals surface area contributed by atoms with Crippen LogP contribution in [0.5, 0.6) is 0 Å². The lowest BCUT2D eigenvalue weighted by atomic mass is 9.85. The first-order valence-corrected chi connectivity index (χ1v) is 14.5. The second kappa shape index (κ2) is 11.5. The summed E-state index contributed by atoms with van der Waals surface area (Å²) in [6.07, 6.45) is 3.07. The lowest BCUT2D eigenvalue weighted by Gasteiger charge is -2.32. The molecule has 2 aliphatic carbocycles. The maximum atomic E-state index is 12.5. The Hall–Kier alpha value is -3.36. The van der Waals surface area contributed by atoms with Gasteiger partial charge in [-0.3, -0.25) is 14.2 Å². The fraction of sp³-hybridized carbons (Fsp3) is 0.704. The first-order valence-electron chi connectivity index (χ1n) is 14.5. The highest BCUT2D eigenvalue weighted by molar-refractivity contribution is 5.84. The van der Waals surface area contributed by atoms with Gasteiger partial charge in [-0.1, -0.05) is 0 Å². The van der Waals surface area contributed by atoms with Crippen LogP contribution in [0.4, 0.5) is 10.6 Å². The molecule has 2 aromatic heterocycles. The molecule has 14 heteroatoms. The largest absolute Gasteiger partial charge is 0.449 e. The molecule has 222 valence electrons. The molecule has 2 amide bonds. The molecule has 4 heterocycles. The molecule has 4 atom stereocenters. The Labute approximate surface area is 236 Å². The maximum Gasteiger partial charge on any atom is 0.409 e. The van der Waals surface area contributed by atoms with E-state index >= 15 is 0 Å². The molecule has 4 fully saturated rings. The Morgan fingerprint density at radius 3 is 2.56 bits per heavy atom. The third-order valence-corrected chi connectivity index (χ3v) is 8.55. The van der Waals surface area contributed by atoms with Gasteiger partial charge in [-0.2, -0.15) is 0 Å². The van der Waals surface area contributed by atoms with Gasteiger partial charge < -0.3 is 35.6 Å². The Morgan fingerprint density at radius 2 is 1.85 bits per heavy atom. The summed E-state index contributed by atoms with van der Waals surface area (Å²) in [7, 11) is 0. The van der Waals surface area contributed by atoms with Crippen molar-refractivity contribution in [3.8, 4) is 0 Å². The summed E-state index contributed by atoms with van der Waals surface area (Å²) < 4.78 is 12.7. The molecule has 0 aromatic carbocycles. The second-order valence-corrected chi connectivity index (χ2v) is 11.8. The number of hydrogen-bond acceptors (Lipinski definition) is 11. The van der Waals surface area contributed by atoms with Crippen molar-refractivity contribution < 1.29 is 34.1 Å². The van der Waals surface area contributed by atoms with Crippen LogP contribution in [0.25, 0.3) is 11.2 Å². The van der Waals surface area contributed by atoms with E-state index in [1.807, 2.05) is 0 Å². The van der Waals surface area contributed by atoms with Gasteiger partial charge in [0.2, 0.25) is 0 Å². The highest BCUT2D eigenvalue weighted by Gasteiger charge is 2.48. The Morgan fingerprint density at radius 1 is 1.10 bits per heavy atom. The van der Waals surface area contributed by atoms with Crippen molar-refractivity contribution in [3.05, 3.63) is 12.2 Å². The van der Waals surface area contributed by atoms with E-state index in [1.54, 1.807) is 4.90 Å². The zero-order valence-corrected chi connectivity index (χ0v) is 22.9. The standard InChI is InChI=1S/C27H37N7O7/c28-23-19-24(34(13-29-19)26-21(37)20(36)22(41-26)25(38)30-16-4-5-16)32-18(31-23)3-1-2-14-6-8-33(9-7-14)27(39)40-12-15-10-17(35)11-15/h13-16,20-22,26,36-37H,1-12H2,(H,30,38)(H2,28,31,32)/t20?,21-,22-,26+/m0/s1. The minimum Gasteiger partial charge on any atom is -0.449 e. The van der Waals surface area contributed by atoms with Gasteiger partial charge in [-0.15, -0.1) is 0 Å². The van der Waals surface area contributed by atoms with E-state index in [0.717, 1.165) is 38.5 Å². The van der Waals surface area contributed by atoms with Gasteiger partial charge in [0, 0.05) is 44.3 Å². The van der Waals surface area contributed by atoms with Crippen molar-refractivity contribution in [3.63, 3.8) is 0 Å². The summed E-state index contributed by atoms with van der Waals surface area (Å²) in [6.45, 7) is 1.62. The smallest absolute Gasteiger partial charge is 0.409 e. The number of carbonyl (C=O) groups excluding carboxylic acids is 3. The van der Waals surface area contributed by atoms with Crippen LogP contribution in [0.3, 0.4) is 0 Å². The normalized spacial score (nSPS) is 27.3. The average Bonchev–Trinajstić information content (AvgIpc) is 3.57. The maximum absolute atomic E-state index is 12.5. The number of imidazole rings is 1. The van der Waals surface area contributed by atoms with Crippen LogP contribution in [-0.4, -0.2) is 96.5 Å². The molecule has 14 nitrogen and oxygen atoms in total. The number of piperidine rings is 1. The third kappa shape index (κ3) is 5.99. The summed E-state index contributed by atoms with van der Waals surface area (Å²) in [4.78, 5) is 51.0. The van der Waals surface area contributed by atoms with Crippen LogP contribution in [0.2, 0.25) is 0 Å². The zero-order chi connectivity index (χ0) is 28.7. The van der Waals surface area contributed by atoms with Gasteiger partial charge in [0.1, 0.15) is 29.3 Å². The molecule has 4 aliphatic rings. The summed E-state index contributed by atoms with van der Waals surface area (Å²) in [5.41, 5.74) is 6.90. The summed E-state index contributed by atoms with van der Waals surface area (Å²) in [5, 5.41) is 24.0. The van der Waals surface area contributed by atoms with Crippen molar-refractivity contribution in [2.45, 2.75) is 88.4 Å². The molecular formula is C27H37N7O7. The minimum atomic E-state index is -1.39. The number of Topliss-reactive ketones (excluding diaryl/α,β-unsaturated/α-hetero) is 1. The molecule has 0 spiro atoms. The number of aryl methyl sites for hydroxylation is 1. The monoisotopic (exact) mass is 571 g/mol. The predicted molar refractivity (Wildman–Crippen MR) is 143 cm³/mol. The molecule has 6 rings (SSSR count). The molecule has 0 bridgehead atoms. The Kier molecular flexibility index (Phi) is 7.79. The molecule has 41 heavy (non-hydrogen) atoms. The lowest BCUT2D eigenvalue weighted by Crippen LogP contribution is -2.43. The van der Waals surface area contributed by atoms with Crippen LogP contribution in [0.1, 0.15) is 63.4 Å². The highest BCUT2D eigenvalue weighted by atomic mass is 16.6. The van der Waals surface area contributed by atoms with E-state index in [-0.39, 0.29) is 29.7 Å². The van der Waals surface area contributed by atoms with E-state index in [9.17, 15) is 24.6 Å². The molecule has 2 saturated carbocycles. The van der Waals surface area contributed by atoms with E-state index < -0.39 is 30.4 Å². The number of ketones is 1. The fourth-order valence-corrected chi connectivity index (χ4v) is 5.84. The number of likely N-dealkylation sites (tertiary alicyclic amines) is 1. The number of nitrogens with zero attached hydrogens (tertiary/aromatic N) is 5. The molecular weight excluding hydrogens is 534 g/mol. The SMILES string of the molecule is Nc1nc(CCCC2CCN(C(=O)OCC3CC(=O)C3)CC2)nc2c1ncn2[C@@H]1O[C@H](C(=O)NC2CC2)C(O)[C@@H]1O. The van der Waals surface area contributed by atoms with Crippen molar-refractivity contribution in [1.82, 2.24) is 29.7 Å². The number of nitrogens with two attached hydrogens (primary N) is 1. The number of carbonyl (C=O) groups is 3. The van der Waals surface area contributed by atoms with Gasteiger partial charge in [-0.25, -0.2) is 19.7 Å². The van der Waals surface area contributed by atoms with Gasteiger partial charge >= 0.3 is 6.09 Å². The van der Waals surface area contributed by atoms with Gasteiger partial charge in [0.15, 0.2) is 23.8 Å². The summed E-state index contributed by atoms with van der Waals surface area (Å²) in [5.74, 6) is 1.17. The summed E-state index contributed by atoms with van der Waals surface area (Å²) in [6, 6.07) is 0.0957. The number of rotatable bonds is 9. The van der Waals surface area contributed by atoms with Crippen molar-refractivity contribution in [2.75, 3.05) is 25.4 Å². The number of hydrogen-bond donors (Lipinski definition) is 4. The summed E-state index contributed by atoms with van der Waals surface area (Å²) >= 11 is 0. The molecule has 2 aromatic rings. The Balaban J connectivity index is 1.01. The van der Waals surface area contributed by atoms with Gasteiger partial charge in [0.25, 0.3) is 5.91 Å². The number of ether oxygens (including phenoxy) is 2. The van der Waals surface area contributed by atoms with Crippen LogP contribution in [0, 0.1) is 11.8 Å². The van der Waals surface area contributed by atoms with Crippen molar-refractivity contribution in [2.24, 2.45) is 11.8 Å². The third-order valence-electron chi connectivity index (χ3n) is 8.55. The van der Waals surface area contributed by atoms with Gasteiger partial charge in [-0.05, 0) is 44.4 Å². The number of nitrogen functional groups attached to an aromatic ring is 1. The number of aromatic nitrogens is 4. The number of anilines is 1.